The molecule has 7 heteroatoms. The molecule has 6 nitrogen and oxygen atoms in total. The highest BCUT2D eigenvalue weighted by Crippen LogP contribution is 2.25. The maximum atomic E-state index is 12.4. The van der Waals surface area contributed by atoms with E-state index in [0.29, 0.717) is 5.17 Å². The number of nitrogens with zero attached hydrogens (tertiary/aromatic N) is 3. The third-order valence-electron chi connectivity index (χ3n) is 5.04. The van der Waals surface area contributed by atoms with Crippen LogP contribution in [-0.2, 0) is 9.59 Å². The fourth-order valence-electron chi connectivity index (χ4n) is 3.50. The second-order valence-electron chi connectivity index (χ2n) is 7.24. The minimum Gasteiger partial charge on any atom is -0.372 e. The van der Waals surface area contributed by atoms with Crippen LogP contribution in [0.15, 0.2) is 53.5 Å². The molecule has 2 aromatic rings. The van der Waals surface area contributed by atoms with E-state index in [4.69, 9.17) is 0 Å². The lowest BCUT2D eigenvalue weighted by atomic mass is 10.2. The van der Waals surface area contributed by atoms with Gasteiger partial charge in [0.15, 0.2) is 5.17 Å². The largest absolute Gasteiger partial charge is 0.372 e. The highest BCUT2D eigenvalue weighted by molar-refractivity contribution is 8.14. The second kappa shape index (κ2) is 8.69. The summed E-state index contributed by atoms with van der Waals surface area (Å²) in [6.07, 6.45) is 2.48. The number of carbonyl (C=O) groups is 2. The molecule has 0 atom stereocenters. The zero-order valence-corrected chi connectivity index (χ0v) is 17.2. The predicted octanol–water partition coefficient (Wildman–Crippen LogP) is 3.67. The van der Waals surface area contributed by atoms with Gasteiger partial charge < -0.3 is 10.2 Å². The Hall–Kier alpha value is -2.80. The molecule has 2 heterocycles. The highest BCUT2D eigenvalue weighted by Gasteiger charge is 2.27. The van der Waals surface area contributed by atoms with Gasteiger partial charge in [-0.15, -0.1) is 0 Å². The van der Waals surface area contributed by atoms with E-state index in [9.17, 15) is 9.59 Å². The van der Waals surface area contributed by atoms with Crippen molar-refractivity contribution >= 4 is 45.8 Å². The van der Waals surface area contributed by atoms with Crippen LogP contribution in [0.5, 0.6) is 0 Å². The zero-order valence-electron chi connectivity index (χ0n) is 16.4. The van der Waals surface area contributed by atoms with Crippen LogP contribution in [0, 0.1) is 6.92 Å². The van der Waals surface area contributed by atoms with Gasteiger partial charge >= 0.3 is 0 Å². The lowest BCUT2D eigenvalue weighted by Crippen LogP contribution is -2.31. The fourth-order valence-corrected chi connectivity index (χ4v) is 4.32. The van der Waals surface area contributed by atoms with Gasteiger partial charge in [0.05, 0.1) is 11.4 Å². The number of aliphatic imine (C=N–C) groups is 1. The average Bonchev–Trinajstić information content (AvgIpc) is 3.38. The van der Waals surface area contributed by atoms with Crippen LogP contribution in [0.1, 0.15) is 18.4 Å². The summed E-state index contributed by atoms with van der Waals surface area (Å²) < 4.78 is 0. The van der Waals surface area contributed by atoms with Crippen molar-refractivity contribution in [1.29, 1.82) is 0 Å². The number of aryl methyl sites for hydroxylation is 1. The summed E-state index contributed by atoms with van der Waals surface area (Å²) in [6, 6.07) is 15.7. The molecule has 2 aliphatic rings. The van der Waals surface area contributed by atoms with E-state index in [-0.39, 0.29) is 24.1 Å². The van der Waals surface area contributed by atoms with Crippen LogP contribution in [0.25, 0.3) is 0 Å². The first-order chi connectivity index (χ1) is 14.1. The number of hydrogen-bond donors (Lipinski definition) is 1. The minimum absolute atomic E-state index is 0.0748. The molecule has 1 fully saturated rings. The Kier molecular flexibility index (Phi) is 5.85. The quantitative estimate of drug-likeness (QED) is 0.820. The summed E-state index contributed by atoms with van der Waals surface area (Å²) in [5.41, 5.74) is 3.88. The number of anilines is 3. The van der Waals surface area contributed by atoms with Gasteiger partial charge in [0.2, 0.25) is 5.91 Å². The second-order valence-corrected chi connectivity index (χ2v) is 8.18. The summed E-state index contributed by atoms with van der Waals surface area (Å²) >= 11 is 1.28. The van der Waals surface area contributed by atoms with Crippen molar-refractivity contribution in [2.75, 3.05) is 40.5 Å². The molecule has 4 rings (SSSR count). The molecule has 0 unspecified atom stereocenters. The predicted molar refractivity (Wildman–Crippen MR) is 120 cm³/mol. The molecule has 0 bridgehead atoms. The normalized spacial score (nSPS) is 16.3. The fraction of sp³-hybridized carbons (Fsp3) is 0.318. The minimum atomic E-state index is -0.116. The summed E-state index contributed by atoms with van der Waals surface area (Å²) in [4.78, 5) is 32.9. The van der Waals surface area contributed by atoms with E-state index in [2.05, 4.69) is 15.2 Å². The Morgan fingerprint density at radius 3 is 2.38 bits per heavy atom. The van der Waals surface area contributed by atoms with Crippen molar-refractivity contribution in [3.8, 4) is 0 Å². The third-order valence-corrected chi connectivity index (χ3v) is 6.01. The van der Waals surface area contributed by atoms with E-state index >= 15 is 0 Å². The maximum absolute atomic E-state index is 12.4. The molecule has 2 aliphatic heterocycles. The molecule has 0 radical (unpaired) electrons. The van der Waals surface area contributed by atoms with Gasteiger partial charge in [-0.3, -0.25) is 19.5 Å². The van der Waals surface area contributed by atoms with E-state index in [1.165, 1.54) is 30.3 Å². The maximum Gasteiger partial charge on any atom is 0.254 e. The number of hydrogen-bond acceptors (Lipinski definition) is 5. The van der Waals surface area contributed by atoms with Crippen LogP contribution in [0.4, 0.5) is 17.1 Å². The number of carbonyl (C=O) groups excluding carboxylic acids is 2. The third kappa shape index (κ3) is 4.62. The summed E-state index contributed by atoms with van der Waals surface area (Å²) in [5, 5.41) is 3.49. The van der Waals surface area contributed by atoms with Crippen molar-refractivity contribution in [3.63, 3.8) is 0 Å². The van der Waals surface area contributed by atoms with Crippen molar-refractivity contribution in [1.82, 2.24) is 0 Å². The lowest BCUT2D eigenvalue weighted by Gasteiger charge is -2.18. The standard InChI is InChI=1S/C22H24N4O2S/c1-16-4-8-19(9-5-16)26-21(28)14-23-22(26)29-15-20(27)24-17-6-10-18(11-7-17)25-12-2-3-13-25/h4-11H,2-3,12-15H2,1H3,(H,24,27). The van der Waals surface area contributed by atoms with Crippen molar-refractivity contribution < 1.29 is 9.59 Å². The van der Waals surface area contributed by atoms with Crippen molar-refractivity contribution in [2.45, 2.75) is 19.8 Å². The molecule has 0 aromatic heterocycles. The van der Waals surface area contributed by atoms with Crippen LogP contribution in [0.2, 0.25) is 0 Å². The number of rotatable bonds is 5. The Morgan fingerprint density at radius 2 is 1.69 bits per heavy atom. The number of thioether (sulfide) groups is 1. The van der Waals surface area contributed by atoms with Crippen LogP contribution in [0.3, 0.4) is 0 Å². The zero-order chi connectivity index (χ0) is 20.2. The number of benzene rings is 2. The van der Waals surface area contributed by atoms with Crippen LogP contribution < -0.4 is 15.1 Å². The molecular weight excluding hydrogens is 384 g/mol. The van der Waals surface area contributed by atoms with E-state index in [0.717, 1.165) is 30.0 Å². The Labute approximate surface area is 175 Å². The monoisotopic (exact) mass is 408 g/mol. The van der Waals surface area contributed by atoms with E-state index in [1.807, 2.05) is 55.5 Å². The van der Waals surface area contributed by atoms with Gasteiger partial charge in [-0.05, 0) is 56.2 Å². The first-order valence-corrected chi connectivity index (χ1v) is 10.8. The number of amides is 2. The van der Waals surface area contributed by atoms with Crippen molar-refractivity contribution in [3.05, 3.63) is 54.1 Å². The number of amidine groups is 1. The Balaban J connectivity index is 1.33. The summed E-state index contributed by atoms with van der Waals surface area (Å²) in [5.74, 6) is 0.00612. The van der Waals surface area contributed by atoms with Gasteiger partial charge in [0.25, 0.3) is 5.91 Å². The van der Waals surface area contributed by atoms with Gasteiger partial charge in [-0.2, -0.15) is 0 Å². The molecule has 0 aliphatic carbocycles. The molecule has 0 saturated carbocycles. The molecular formula is C22H24N4O2S. The summed E-state index contributed by atoms with van der Waals surface area (Å²) in [7, 11) is 0. The Morgan fingerprint density at radius 1 is 1.03 bits per heavy atom. The Bertz CT molecular complexity index is 919. The van der Waals surface area contributed by atoms with Crippen LogP contribution in [-0.4, -0.2) is 42.4 Å². The van der Waals surface area contributed by atoms with E-state index in [1.54, 1.807) is 4.90 Å². The molecule has 1 N–H and O–H groups in total. The summed E-state index contributed by atoms with van der Waals surface area (Å²) in [6.45, 7) is 4.32. The first kappa shape index (κ1) is 19.5. The molecule has 150 valence electrons. The smallest absolute Gasteiger partial charge is 0.254 e. The SMILES string of the molecule is Cc1ccc(N2C(=O)CN=C2SCC(=O)Nc2ccc(N3CCCC3)cc2)cc1. The highest BCUT2D eigenvalue weighted by atomic mass is 32.2. The molecule has 0 spiro atoms. The first-order valence-electron chi connectivity index (χ1n) is 9.82. The van der Waals surface area contributed by atoms with Gasteiger partial charge in [0, 0.05) is 24.5 Å². The molecule has 2 aromatic carbocycles. The molecule has 2 amide bonds. The van der Waals surface area contributed by atoms with Gasteiger partial charge in [-0.1, -0.05) is 29.5 Å². The molecule has 1 saturated heterocycles. The lowest BCUT2D eigenvalue weighted by molar-refractivity contribution is -0.116. The van der Waals surface area contributed by atoms with Gasteiger partial charge in [0.1, 0.15) is 6.54 Å². The average molecular weight is 409 g/mol. The van der Waals surface area contributed by atoms with E-state index < -0.39 is 0 Å². The number of nitrogens with one attached hydrogen (secondary N) is 1. The topological polar surface area (TPSA) is 65.0 Å². The van der Waals surface area contributed by atoms with Gasteiger partial charge in [-0.25, -0.2) is 0 Å². The molecule has 29 heavy (non-hydrogen) atoms. The van der Waals surface area contributed by atoms with Crippen LogP contribution >= 0.6 is 11.8 Å². The van der Waals surface area contributed by atoms with Crippen molar-refractivity contribution in [2.24, 2.45) is 4.99 Å².